The monoisotopic (exact) mass is 362 g/mol. The largest absolute Gasteiger partial charge is 0.347 e. The Morgan fingerprint density at radius 2 is 2.29 bits per heavy atom. The van der Waals surface area contributed by atoms with Crippen LogP contribution in [0, 0.1) is 18.8 Å². The minimum Gasteiger partial charge on any atom is -0.347 e. The molecule has 1 aromatic heterocycles. The molecular formula is C16H15BrN2OS. The molecular weight excluding hydrogens is 348 g/mol. The van der Waals surface area contributed by atoms with E-state index in [0.29, 0.717) is 18.7 Å². The van der Waals surface area contributed by atoms with Gasteiger partial charge < -0.3 is 11.1 Å². The fourth-order valence-electron chi connectivity index (χ4n) is 1.87. The normalized spacial score (nSPS) is 9.86. The standard InChI is InChI=1S/C16H15BrN2OS/c1-11-12(5-3-7-18)4-2-6-15(11)16(20)19-9-14-8-13(17)10-21-14/h2,4,6,8,10H,7,9,18H2,1H3,(H,19,20). The van der Waals surface area contributed by atoms with Gasteiger partial charge in [0.1, 0.15) is 0 Å². The van der Waals surface area contributed by atoms with Crippen LogP contribution >= 0.6 is 27.3 Å². The Bertz CT molecular complexity index is 713. The maximum absolute atomic E-state index is 12.3. The van der Waals surface area contributed by atoms with Crippen molar-refractivity contribution >= 4 is 33.2 Å². The molecule has 0 spiro atoms. The maximum Gasteiger partial charge on any atom is 0.251 e. The van der Waals surface area contributed by atoms with Gasteiger partial charge in [0.25, 0.3) is 5.91 Å². The molecule has 0 fully saturated rings. The quantitative estimate of drug-likeness (QED) is 0.824. The van der Waals surface area contributed by atoms with Crippen LogP contribution in [0.2, 0.25) is 0 Å². The van der Waals surface area contributed by atoms with E-state index in [1.54, 1.807) is 11.3 Å². The van der Waals surface area contributed by atoms with Crippen LogP contribution < -0.4 is 11.1 Å². The Kier molecular flexibility index (Phi) is 5.57. The Labute approximate surface area is 136 Å². The topological polar surface area (TPSA) is 55.1 Å². The van der Waals surface area contributed by atoms with Gasteiger partial charge in [0.05, 0.1) is 13.1 Å². The van der Waals surface area contributed by atoms with Gasteiger partial charge in [-0.25, -0.2) is 0 Å². The summed E-state index contributed by atoms with van der Waals surface area (Å²) in [4.78, 5) is 13.4. The lowest BCUT2D eigenvalue weighted by atomic mass is 10.0. The zero-order chi connectivity index (χ0) is 15.2. The van der Waals surface area contributed by atoms with Crippen LogP contribution in [-0.4, -0.2) is 12.5 Å². The molecule has 0 atom stereocenters. The first-order valence-electron chi connectivity index (χ1n) is 6.41. The molecule has 0 saturated carbocycles. The van der Waals surface area contributed by atoms with Gasteiger partial charge in [-0.05, 0) is 46.6 Å². The molecule has 0 aliphatic heterocycles. The van der Waals surface area contributed by atoms with Gasteiger partial charge in [0.2, 0.25) is 0 Å². The van der Waals surface area contributed by atoms with E-state index in [9.17, 15) is 4.79 Å². The van der Waals surface area contributed by atoms with E-state index in [1.165, 1.54) is 0 Å². The van der Waals surface area contributed by atoms with Crippen molar-refractivity contribution in [3.8, 4) is 11.8 Å². The van der Waals surface area contributed by atoms with Crippen molar-refractivity contribution in [2.24, 2.45) is 5.73 Å². The Morgan fingerprint density at radius 1 is 1.48 bits per heavy atom. The van der Waals surface area contributed by atoms with Crippen LogP contribution in [0.1, 0.15) is 26.4 Å². The van der Waals surface area contributed by atoms with Crippen LogP contribution in [0.4, 0.5) is 0 Å². The molecule has 21 heavy (non-hydrogen) atoms. The Balaban J connectivity index is 2.12. The molecule has 0 unspecified atom stereocenters. The molecule has 2 rings (SSSR count). The predicted octanol–water partition coefficient (Wildman–Crippen LogP) is 3.06. The maximum atomic E-state index is 12.3. The molecule has 108 valence electrons. The third-order valence-corrected chi connectivity index (χ3v) is 4.65. The zero-order valence-electron chi connectivity index (χ0n) is 11.6. The van der Waals surface area contributed by atoms with E-state index >= 15 is 0 Å². The summed E-state index contributed by atoms with van der Waals surface area (Å²) in [5.41, 5.74) is 7.75. The van der Waals surface area contributed by atoms with Crippen LogP contribution in [0.15, 0.2) is 34.1 Å². The molecule has 0 radical (unpaired) electrons. The summed E-state index contributed by atoms with van der Waals surface area (Å²) in [5, 5.41) is 4.93. The number of benzene rings is 1. The molecule has 0 aliphatic rings. The van der Waals surface area contributed by atoms with Crippen LogP contribution in [0.3, 0.4) is 0 Å². The Hall–Kier alpha value is -1.61. The van der Waals surface area contributed by atoms with E-state index in [4.69, 9.17) is 5.73 Å². The second kappa shape index (κ2) is 7.41. The van der Waals surface area contributed by atoms with Gasteiger partial charge in [-0.2, -0.15) is 0 Å². The number of carbonyl (C=O) groups is 1. The van der Waals surface area contributed by atoms with Crippen LogP contribution in [-0.2, 0) is 6.54 Å². The number of halogens is 1. The first-order chi connectivity index (χ1) is 10.1. The van der Waals surface area contributed by atoms with E-state index < -0.39 is 0 Å². The minimum absolute atomic E-state index is 0.0894. The third-order valence-electron chi connectivity index (χ3n) is 2.95. The van der Waals surface area contributed by atoms with Gasteiger partial charge in [-0.15, -0.1) is 11.3 Å². The SMILES string of the molecule is Cc1c(C#CCN)cccc1C(=O)NCc1cc(Br)cs1. The van der Waals surface area contributed by atoms with Crippen molar-refractivity contribution in [2.45, 2.75) is 13.5 Å². The highest BCUT2D eigenvalue weighted by Crippen LogP contribution is 2.20. The summed E-state index contributed by atoms with van der Waals surface area (Å²) in [5.74, 6) is 5.71. The number of rotatable bonds is 3. The number of nitrogens with one attached hydrogen (secondary N) is 1. The van der Waals surface area contributed by atoms with Gasteiger partial charge in [0.15, 0.2) is 0 Å². The summed E-state index contributed by atoms with van der Waals surface area (Å²) >= 11 is 5.01. The van der Waals surface area contributed by atoms with Crippen LogP contribution in [0.5, 0.6) is 0 Å². The molecule has 0 bridgehead atoms. The number of carbonyl (C=O) groups excluding carboxylic acids is 1. The lowest BCUT2D eigenvalue weighted by molar-refractivity contribution is 0.0950. The molecule has 0 saturated heterocycles. The average Bonchev–Trinajstić information content (AvgIpc) is 2.89. The first-order valence-corrected chi connectivity index (χ1v) is 8.08. The highest BCUT2D eigenvalue weighted by Gasteiger charge is 2.11. The number of amides is 1. The zero-order valence-corrected chi connectivity index (χ0v) is 14.0. The van der Waals surface area contributed by atoms with Gasteiger partial charge in [-0.3, -0.25) is 4.79 Å². The summed E-state index contributed by atoms with van der Waals surface area (Å²) in [6.07, 6.45) is 0. The smallest absolute Gasteiger partial charge is 0.251 e. The number of hydrogen-bond acceptors (Lipinski definition) is 3. The summed E-state index contributed by atoms with van der Waals surface area (Å²) in [7, 11) is 0. The van der Waals surface area contributed by atoms with E-state index in [2.05, 4.69) is 33.1 Å². The molecule has 3 nitrogen and oxygen atoms in total. The molecule has 3 N–H and O–H groups in total. The molecule has 5 heteroatoms. The fourth-order valence-corrected chi connectivity index (χ4v) is 3.26. The lowest BCUT2D eigenvalue weighted by Gasteiger charge is -2.08. The molecule has 1 aromatic carbocycles. The van der Waals surface area contributed by atoms with Crippen LogP contribution in [0.25, 0.3) is 0 Å². The van der Waals surface area contributed by atoms with Gasteiger partial charge in [0, 0.05) is 25.9 Å². The van der Waals surface area contributed by atoms with Crippen molar-refractivity contribution in [1.82, 2.24) is 5.32 Å². The van der Waals surface area contributed by atoms with E-state index in [1.807, 2.05) is 36.6 Å². The van der Waals surface area contributed by atoms with E-state index in [0.717, 1.165) is 20.5 Å². The van der Waals surface area contributed by atoms with Gasteiger partial charge >= 0.3 is 0 Å². The van der Waals surface area contributed by atoms with Crippen molar-refractivity contribution < 1.29 is 4.79 Å². The fraction of sp³-hybridized carbons (Fsp3) is 0.188. The highest BCUT2D eigenvalue weighted by atomic mass is 79.9. The molecule has 2 aromatic rings. The van der Waals surface area contributed by atoms with Crippen molar-refractivity contribution in [1.29, 1.82) is 0 Å². The molecule has 1 heterocycles. The first kappa shape index (κ1) is 15.8. The third kappa shape index (κ3) is 4.18. The number of thiophene rings is 1. The number of hydrogen-bond donors (Lipinski definition) is 2. The van der Waals surface area contributed by atoms with Crippen molar-refractivity contribution in [3.63, 3.8) is 0 Å². The molecule has 1 amide bonds. The van der Waals surface area contributed by atoms with E-state index in [-0.39, 0.29) is 5.91 Å². The number of nitrogens with two attached hydrogens (primary N) is 1. The van der Waals surface area contributed by atoms with Crippen molar-refractivity contribution in [3.05, 3.63) is 55.7 Å². The highest BCUT2D eigenvalue weighted by molar-refractivity contribution is 9.10. The lowest BCUT2D eigenvalue weighted by Crippen LogP contribution is -2.23. The molecule has 0 aliphatic carbocycles. The minimum atomic E-state index is -0.0894. The summed E-state index contributed by atoms with van der Waals surface area (Å²) in [6, 6.07) is 7.54. The van der Waals surface area contributed by atoms with Gasteiger partial charge in [-0.1, -0.05) is 17.9 Å². The second-order valence-corrected chi connectivity index (χ2v) is 6.31. The predicted molar refractivity (Wildman–Crippen MR) is 90.3 cm³/mol. The van der Waals surface area contributed by atoms with Crippen molar-refractivity contribution in [2.75, 3.05) is 6.54 Å². The average molecular weight is 363 g/mol. The summed E-state index contributed by atoms with van der Waals surface area (Å²) in [6.45, 7) is 2.73. The second-order valence-electron chi connectivity index (χ2n) is 4.40. The Morgan fingerprint density at radius 3 is 2.95 bits per heavy atom. The summed E-state index contributed by atoms with van der Waals surface area (Å²) < 4.78 is 1.03.